The van der Waals surface area contributed by atoms with E-state index < -0.39 is 0 Å². The number of aromatic nitrogens is 1. The van der Waals surface area contributed by atoms with Gasteiger partial charge in [0.1, 0.15) is 0 Å². The topological polar surface area (TPSA) is 22.0 Å². The molecule has 0 aromatic carbocycles. The maximum absolute atomic E-state index is 11.8. The summed E-state index contributed by atoms with van der Waals surface area (Å²) in [6.45, 7) is 4.60. The van der Waals surface area contributed by atoms with E-state index in [1.807, 2.05) is 11.6 Å². The highest BCUT2D eigenvalue weighted by Crippen LogP contribution is 2.34. The van der Waals surface area contributed by atoms with Crippen molar-refractivity contribution >= 4 is 22.6 Å². The first-order valence-corrected chi connectivity index (χ1v) is 6.36. The second-order valence-electron chi connectivity index (χ2n) is 5.17. The van der Waals surface area contributed by atoms with Crippen LogP contribution in [0.4, 0.5) is 0 Å². The van der Waals surface area contributed by atoms with Crippen LogP contribution >= 0.6 is 22.6 Å². The standard InChI is InChI=1S/C12H16INO/c1-12(2)5-4-10-8(7-12)6-9(13)11(15)14(10)3/h6H,4-5,7H2,1-3H3. The van der Waals surface area contributed by atoms with Gasteiger partial charge in [0, 0.05) is 12.7 Å². The van der Waals surface area contributed by atoms with Gasteiger partial charge >= 0.3 is 0 Å². The summed E-state index contributed by atoms with van der Waals surface area (Å²) in [7, 11) is 1.89. The first kappa shape index (κ1) is 11.2. The molecule has 2 rings (SSSR count). The molecule has 15 heavy (non-hydrogen) atoms. The Kier molecular flexibility index (Phi) is 2.69. The van der Waals surface area contributed by atoms with Crippen molar-refractivity contribution in [3.8, 4) is 0 Å². The Morgan fingerprint density at radius 1 is 1.47 bits per heavy atom. The molecule has 0 fully saturated rings. The predicted molar refractivity (Wildman–Crippen MR) is 70.2 cm³/mol. The fourth-order valence-electron chi connectivity index (χ4n) is 2.34. The van der Waals surface area contributed by atoms with E-state index >= 15 is 0 Å². The zero-order chi connectivity index (χ0) is 11.2. The minimum atomic E-state index is 0.147. The highest BCUT2D eigenvalue weighted by atomic mass is 127. The Morgan fingerprint density at radius 3 is 2.80 bits per heavy atom. The largest absolute Gasteiger partial charge is 0.315 e. The molecule has 0 aliphatic heterocycles. The fraction of sp³-hybridized carbons (Fsp3) is 0.583. The maximum Gasteiger partial charge on any atom is 0.263 e. The van der Waals surface area contributed by atoms with Crippen LogP contribution in [0.25, 0.3) is 0 Å². The Morgan fingerprint density at radius 2 is 2.13 bits per heavy atom. The van der Waals surface area contributed by atoms with Gasteiger partial charge in [-0.05, 0) is 58.9 Å². The van der Waals surface area contributed by atoms with Gasteiger partial charge < -0.3 is 4.57 Å². The van der Waals surface area contributed by atoms with Gasteiger partial charge in [-0.15, -0.1) is 0 Å². The van der Waals surface area contributed by atoms with Gasteiger partial charge in [0.15, 0.2) is 0 Å². The average Bonchev–Trinajstić information content (AvgIpc) is 2.12. The summed E-state index contributed by atoms with van der Waals surface area (Å²) in [6, 6.07) is 2.07. The highest BCUT2D eigenvalue weighted by Gasteiger charge is 2.27. The average molecular weight is 317 g/mol. The lowest BCUT2D eigenvalue weighted by Gasteiger charge is -2.32. The highest BCUT2D eigenvalue weighted by molar-refractivity contribution is 14.1. The lowest BCUT2D eigenvalue weighted by atomic mass is 9.76. The van der Waals surface area contributed by atoms with Crippen molar-refractivity contribution in [2.24, 2.45) is 12.5 Å². The van der Waals surface area contributed by atoms with Crippen molar-refractivity contribution in [3.63, 3.8) is 0 Å². The van der Waals surface area contributed by atoms with Gasteiger partial charge in [-0.3, -0.25) is 4.79 Å². The molecule has 0 saturated carbocycles. The molecular weight excluding hydrogens is 301 g/mol. The van der Waals surface area contributed by atoms with Gasteiger partial charge in [-0.25, -0.2) is 0 Å². The summed E-state index contributed by atoms with van der Waals surface area (Å²) in [6.07, 6.45) is 3.30. The van der Waals surface area contributed by atoms with Crippen LogP contribution in [0.3, 0.4) is 0 Å². The molecule has 1 aromatic rings. The lowest BCUT2D eigenvalue weighted by Crippen LogP contribution is -2.31. The molecule has 0 bridgehead atoms. The zero-order valence-electron chi connectivity index (χ0n) is 9.43. The maximum atomic E-state index is 11.8. The molecule has 1 aliphatic carbocycles. The normalized spacial score (nSPS) is 18.7. The minimum absolute atomic E-state index is 0.147. The molecule has 0 unspecified atom stereocenters. The minimum Gasteiger partial charge on any atom is -0.315 e. The number of hydrogen-bond donors (Lipinski definition) is 0. The van der Waals surface area contributed by atoms with Crippen LogP contribution in [0.15, 0.2) is 10.9 Å². The molecule has 0 amide bonds. The van der Waals surface area contributed by atoms with Gasteiger partial charge in [0.25, 0.3) is 5.56 Å². The number of fused-ring (bicyclic) bond motifs is 1. The van der Waals surface area contributed by atoms with Gasteiger partial charge in [0.2, 0.25) is 0 Å². The van der Waals surface area contributed by atoms with E-state index in [1.54, 1.807) is 0 Å². The molecule has 1 aliphatic rings. The van der Waals surface area contributed by atoms with Crippen LogP contribution in [-0.4, -0.2) is 4.57 Å². The van der Waals surface area contributed by atoms with Crippen LogP contribution in [0.5, 0.6) is 0 Å². The molecule has 0 saturated heterocycles. The lowest BCUT2D eigenvalue weighted by molar-refractivity contribution is 0.308. The second kappa shape index (κ2) is 3.61. The SMILES string of the molecule is Cn1c2c(cc(I)c1=O)CC(C)(C)CC2. The smallest absolute Gasteiger partial charge is 0.263 e. The van der Waals surface area contributed by atoms with E-state index in [0.29, 0.717) is 5.41 Å². The summed E-state index contributed by atoms with van der Waals surface area (Å²) in [5, 5.41) is 0. The monoisotopic (exact) mass is 317 g/mol. The summed E-state index contributed by atoms with van der Waals surface area (Å²) in [4.78, 5) is 11.8. The van der Waals surface area contributed by atoms with Crippen LogP contribution in [0.2, 0.25) is 0 Å². The van der Waals surface area contributed by atoms with Gasteiger partial charge in [-0.1, -0.05) is 13.8 Å². The van der Waals surface area contributed by atoms with Crippen molar-refractivity contribution in [2.45, 2.75) is 33.1 Å². The van der Waals surface area contributed by atoms with Crippen LogP contribution in [-0.2, 0) is 19.9 Å². The van der Waals surface area contributed by atoms with Crippen LogP contribution < -0.4 is 5.56 Å². The Bertz CT molecular complexity index is 459. The van der Waals surface area contributed by atoms with Gasteiger partial charge in [0.05, 0.1) is 3.57 Å². The number of pyridine rings is 1. The van der Waals surface area contributed by atoms with Gasteiger partial charge in [-0.2, -0.15) is 0 Å². The van der Waals surface area contributed by atoms with Crippen molar-refractivity contribution < 1.29 is 0 Å². The molecule has 0 radical (unpaired) electrons. The zero-order valence-corrected chi connectivity index (χ0v) is 11.6. The van der Waals surface area contributed by atoms with E-state index in [-0.39, 0.29) is 5.56 Å². The van der Waals surface area contributed by atoms with Crippen LogP contribution in [0, 0.1) is 8.99 Å². The fourth-order valence-corrected chi connectivity index (χ4v) is 3.08. The van der Waals surface area contributed by atoms with Crippen molar-refractivity contribution in [1.29, 1.82) is 0 Å². The second-order valence-corrected chi connectivity index (χ2v) is 6.33. The first-order valence-electron chi connectivity index (χ1n) is 5.28. The third-order valence-electron chi connectivity index (χ3n) is 3.29. The molecule has 3 heteroatoms. The number of rotatable bonds is 0. The summed E-state index contributed by atoms with van der Waals surface area (Å²) in [5.41, 5.74) is 3.12. The molecule has 0 atom stereocenters. The molecular formula is C12H16INO. The summed E-state index contributed by atoms with van der Waals surface area (Å²) in [5.74, 6) is 0. The van der Waals surface area contributed by atoms with E-state index in [1.165, 1.54) is 17.7 Å². The van der Waals surface area contributed by atoms with Crippen molar-refractivity contribution in [3.05, 3.63) is 31.2 Å². The summed E-state index contributed by atoms with van der Waals surface area (Å²) < 4.78 is 2.67. The molecule has 82 valence electrons. The third kappa shape index (κ3) is 1.98. The van der Waals surface area contributed by atoms with Crippen molar-refractivity contribution in [2.75, 3.05) is 0 Å². The van der Waals surface area contributed by atoms with Crippen LogP contribution in [0.1, 0.15) is 31.5 Å². The molecule has 1 aromatic heterocycles. The van der Waals surface area contributed by atoms with Crippen molar-refractivity contribution in [1.82, 2.24) is 4.57 Å². The molecule has 0 spiro atoms. The molecule has 0 N–H and O–H groups in total. The number of halogens is 1. The first-order chi connectivity index (χ1) is 6.91. The third-order valence-corrected chi connectivity index (χ3v) is 4.07. The predicted octanol–water partition coefficient (Wildman–Crippen LogP) is 2.50. The Labute approximate surface area is 104 Å². The van der Waals surface area contributed by atoms with E-state index in [2.05, 4.69) is 42.5 Å². The number of hydrogen-bond acceptors (Lipinski definition) is 1. The Hall–Kier alpha value is -0.320. The summed E-state index contributed by atoms with van der Waals surface area (Å²) >= 11 is 2.13. The molecule has 1 heterocycles. The van der Waals surface area contributed by atoms with E-state index in [9.17, 15) is 4.79 Å². The number of nitrogens with zero attached hydrogens (tertiary/aromatic N) is 1. The van der Waals surface area contributed by atoms with E-state index in [4.69, 9.17) is 0 Å². The Balaban J connectivity index is 2.59. The molecule has 2 nitrogen and oxygen atoms in total. The van der Waals surface area contributed by atoms with E-state index in [0.717, 1.165) is 16.4 Å². The quantitative estimate of drug-likeness (QED) is 0.674.